The van der Waals surface area contributed by atoms with Crippen molar-refractivity contribution in [2.75, 3.05) is 12.4 Å². The van der Waals surface area contributed by atoms with Crippen LogP contribution in [0.5, 0.6) is 5.75 Å². The molecule has 0 aromatic heterocycles. The summed E-state index contributed by atoms with van der Waals surface area (Å²) in [7, 11) is 1.17. The largest absolute Gasteiger partial charge is 0.491 e. The van der Waals surface area contributed by atoms with Crippen molar-refractivity contribution in [2.24, 2.45) is 0 Å². The van der Waals surface area contributed by atoms with Gasteiger partial charge in [-0.1, -0.05) is 0 Å². The molecule has 0 bridgehead atoms. The van der Waals surface area contributed by atoms with Gasteiger partial charge in [0.05, 0.1) is 7.11 Å². The molecule has 2 aromatic rings. The number of benzene rings is 1. The maximum absolute atomic E-state index is 12.9. The molecule has 94 valence electrons. The Hall–Kier alpha value is -2.31. The Morgan fingerprint density at radius 2 is 1.61 bits per heavy atom. The molecule has 18 heavy (non-hydrogen) atoms. The molecule has 2 rings (SSSR count). The van der Waals surface area contributed by atoms with E-state index in [2.05, 4.69) is 10.1 Å². The molecule has 0 amide bonds. The summed E-state index contributed by atoms with van der Waals surface area (Å²) in [5.74, 6) is -4.66. The Morgan fingerprint density at radius 3 is 2.11 bits per heavy atom. The van der Waals surface area contributed by atoms with Gasteiger partial charge in [-0.05, 0) is 0 Å². The number of hydrogen-bond acceptors (Lipinski definition) is 4. The molecule has 2 aromatic carbocycles. The van der Waals surface area contributed by atoms with Gasteiger partial charge in [0, 0.05) is 17.8 Å². The fraction of sp³-hybridized carbons (Fsp3) is 0.0909. The van der Waals surface area contributed by atoms with E-state index in [1.165, 1.54) is 7.11 Å². The SMILES string of the molecule is COc1c(Nc2cc(F)c(F)c(F)c2)c(=O)c1=O. The predicted octanol–water partition coefficient (Wildman–Crippen LogP) is 1.45. The number of halogens is 3. The number of nitrogens with one attached hydrogen (secondary N) is 1. The van der Waals surface area contributed by atoms with E-state index < -0.39 is 28.3 Å². The topological polar surface area (TPSA) is 55.4 Å². The highest BCUT2D eigenvalue weighted by Gasteiger charge is 2.22. The minimum absolute atomic E-state index is 0.197. The fourth-order valence-corrected chi connectivity index (χ4v) is 1.45. The first-order valence-corrected chi connectivity index (χ1v) is 4.74. The first kappa shape index (κ1) is 12.2. The summed E-state index contributed by atoms with van der Waals surface area (Å²) >= 11 is 0. The molecule has 0 radical (unpaired) electrons. The monoisotopic (exact) mass is 257 g/mol. The lowest BCUT2D eigenvalue weighted by Gasteiger charge is -2.12. The molecular formula is C11H6F3NO3. The van der Waals surface area contributed by atoms with Gasteiger partial charge < -0.3 is 10.1 Å². The van der Waals surface area contributed by atoms with Crippen molar-refractivity contribution >= 4 is 11.4 Å². The molecule has 7 heteroatoms. The Bertz CT molecular complexity index is 666. The van der Waals surface area contributed by atoms with Crippen LogP contribution in [0.3, 0.4) is 0 Å². The lowest BCUT2D eigenvalue weighted by Crippen LogP contribution is -2.34. The van der Waals surface area contributed by atoms with Crippen LogP contribution in [0.15, 0.2) is 21.7 Å². The van der Waals surface area contributed by atoms with Gasteiger partial charge in [0.25, 0.3) is 10.9 Å². The summed E-state index contributed by atoms with van der Waals surface area (Å²) in [6.45, 7) is 0. The third kappa shape index (κ3) is 1.73. The lowest BCUT2D eigenvalue weighted by molar-refractivity contribution is 0.408. The average Bonchev–Trinajstić information content (AvgIpc) is 2.35. The van der Waals surface area contributed by atoms with Crippen LogP contribution in [0.1, 0.15) is 0 Å². The van der Waals surface area contributed by atoms with Crippen molar-refractivity contribution in [3.8, 4) is 5.75 Å². The van der Waals surface area contributed by atoms with Gasteiger partial charge in [0.2, 0.25) is 0 Å². The van der Waals surface area contributed by atoms with Gasteiger partial charge in [0.15, 0.2) is 23.2 Å². The highest BCUT2D eigenvalue weighted by atomic mass is 19.2. The van der Waals surface area contributed by atoms with E-state index in [-0.39, 0.29) is 17.1 Å². The number of anilines is 2. The smallest absolute Gasteiger partial charge is 0.272 e. The zero-order valence-electron chi connectivity index (χ0n) is 9.01. The van der Waals surface area contributed by atoms with Gasteiger partial charge in [-0.2, -0.15) is 0 Å². The number of rotatable bonds is 3. The summed E-state index contributed by atoms with van der Waals surface area (Å²) in [6, 6.07) is 1.32. The maximum Gasteiger partial charge on any atom is 0.272 e. The van der Waals surface area contributed by atoms with E-state index in [0.717, 1.165) is 0 Å². The van der Waals surface area contributed by atoms with Gasteiger partial charge >= 0.3 is 0 Å². The first-order chi connectivity index (χ1) is 8.45. The number of ether oxygens (including phenoxy) is 1. The van der Waals surface area contributed by atoms with Crippen molar-refractivity contribution in [1.29, 1.82) is 0 Å². The molecular weight excluding hydrogens is 251 g/mol. The van der Waals surface area contributed by atoms with E-state index in [1.54, 1.807) is 0 Å². The number of methoxy groups -OCH3 is 1. The predicted molar refractivity (Wildman–Crippen MR) is 57.5 cm³/mol. The Balaban J connectivity index is 2.38. The van der Waals surface area contributed by atoms with Crippen molar-refractivity contribution in [1.82, 2.24) is 0 Å². The van der Waals surface area contributed by atoms with Crippen LogP contribution in [0.2, 0.25) is 0 Å². The van der Waals surface area contributed by atoms with Crippen LogP contribution >= 0.6 is 0 Å². The van der Waals surface area contributed by atoms with E-state index in [4.69, 9.17) is 0 Å². The van der Waals surface area contributed by atoms with Crippen LogP contribution in [0, 0.1) is 17.5 Å². The fourth-order valence-electron chi connectivity index (χ4n) is 1.45. The summed E-state index contributed by atoms with van der Waals surface area (Å²) in [4.78, 5) is 22.2. The summed E-state index contributed by atoms with van der Waals surface area (Å²) in [6.07, 6.45) is 0. The van der Waals surface area contributed by atoms with Crippen LogP contribution in [0.25, 0.3) is 0 Å². The molecule has 0 atom stereocenters. The highest BCUT2D eigenvalue weighted by Crippen LogP contribution is 2.24. The molecule has 0 fully saturated rings. The first-order valence-electron chi connectivity index (χ1n) is 4.74. The average molecular weight is 257 g/mol. The van der Waals surface area contributed by atoms with Crippen molar-refractivity contribution in [3.63, 3.8) is 0 Å². The molecule has 0 aliphatic rings. The molecule has 4 nitrogen and oxygen atoms in total. The van der Waals surface area contributed by atoms with E-state index in [9.17, 15) is 22.8 Å². The normalized spacial score (nSPS) is 10.7. The van der Waals surface area contributed by atoms with Gasteiger partial charge in [0.1, 0.15) is 5.69 Å². The quantitative estimate of drug-likeness (QED) is 0.668. The third-order valence-electron chi connectivity index (χ3n) is 2.32. The molecule has 0 aliphatic heterocycles. The van der Waals surface area contributed by atoms with Crippen LogP contribution in [-0.4, -0.2) is 7.11 Å². The van der Waals surface area contributed by atoms with Gasteiger partial charge in [-0.3, -0.25) is 9.59 Å². The Labute approximate surface area is 98.3 Å². The molecule has 0 unspecified atom stereocenters. The molecule has 0 heterocycles. The van der Waals surface area contributed by atoms with Crippen molar-refractivity contribution in [2.45, 2.75) is 0 Å². The van der Waals surface area contributed by atoms with Crippen molar-refractivity contribution < 1.29 is 17.9 Å². The second-order valence-corrected chi connectivity index (χ2v) is 3.45. The molecule has 0 saturated heterocycles. The highest BCUT2D eigenvalue weighted by molar-refractivity contribution is 5.69. The van der Waals surface area contributed by atoms with E-state index >= 15 is 0 Å². The Kier molecular flexibility index (Phi) is 2.82. The summed E-state index contributed by atoms with van der Waals surface area (Å²) in [5.41, 5.74) is -2.11. The summed E-state index contributed by atoms with van der Waals surface area (Å²) < 4.78 is 43.1. The standard InChI is InChI=1S/C11H6F3NO3/c1-18-11-8(9(16)10(11)17)15-4-2-5(12)7(14)6(13)3-4/h2-3,15H,1H3. The molecule has 1 N–H and O–H groups in total. The van der Waals surface area contributed by atoms with Crippen LogP contribution in [-0.2, 0) is 0 Å². The van der Waals surface area contributed by atoms with E-state index in [0.29, 0.717) is 12.1 Å². The second kappa shape index (κ2) is 4.17. The summed E-state index contributed by atoms with van der Waals surface area (Å²) in [5, 5.41) is 2.31. The van der Waals surface area contributed by atoms with Crippen LogP contribution < -0.4 is 20.9 Å². The van der Waals surface area contributed by atoms with Crippen molar-refractivity contribution in [3.05, 3.63) is 50.0 Å². The molecule has 0 saturated carbocycles. The zero-order valence-corrected chi connectivity index (χ0v) is 9.01. The second-order valence-electron chi connectivity index (χ2n) is 3.45. The number of hydrogen-bond donors (Lipinski definition) is 1. The maximum atomic E-state index is 12.9. The Morgan fingerprint density at radius 1 is 1.06 bits per heavy atom. The van der Waals surface area contributed by atoms with E-state index in [1.807, 2.05) is 0 Å². The zero-order chi connectivity index (χ0) is 13.4. The molecule has 0 spiro atoms. The lowest BCUT2D eigenvalue weighted by atomic mass is 10.2. The molecule has 0 aliphatic carbocycles. The minimum atomic E-state index is -1.61. The van der Waals surface area contributed by atoms with Gasteiger partial charge in [-0.25, -0.2) is 13.2 Å². The van der Waals surface area contributed by atoms with Gasteiger partial charge in [-0.15, -0.1) is 0 Å². The third-order valence-corrected chi connectivity index (χ3v) is 2.32. The van der Waals surface area contributed by atoms with Crippen LogP contribution in [0.4, 0.5) is 24.5 Å². The minimum Gasteiger partial charge on any atom is -0.491 e.